The van der Waals surface area contributed by atoms with Crippen molar-refractivity contribution >= 4 is 29.2 Å². The van der Waals surface area contributed by atoms with E-state index in [1.54, 1.807) is 0 Å². The smallest absolute Gasteiger partial charge is 0.339 e. The van der Waals surface area contributed by atoms with Gasteiger partial charge in [-0.25, -0.2) is 9.18 Å². The second-order valence-electron chi connectivity index (χ2n) is 2.19. The first-order valence-corrected chi connectivity index (χ1v) is 3.80. The van der Waals surface area contributed by atoms with Crippen molar-refractivity contribution in [2.45, 2.75) is 0 Å². The van der Waals surface area contributed by atoms with Gasteiger partial charge in [0.25, 0.3) is 0 Å². The Morgan fingerprint density at radius 3 is 2.46 bits per heavy atom. The molecule has 70 valence electrons. The van der Waals surface area contributed by atoms with Crippen molar-refractivity contribution in [2.75, 3.05) is 0 Å². The zero-order valence-electron chi connectivity index (χ0n) is 6.01. The molecule has 0 heterocycles. The molecule has 13 heavy (non-hydrogen) atoms. The van der Waals surface area contributed by atoms with E-state index in [0.717, 1.165) is 6.07 Å². The number of phenols is 1. The lowest BCUT2D eigenvalue weighted by Gasteiger charge is -2.03. The van der Waals surface area contributed by atoms with Gasteiger partial charge < -0.3 is 10.2 Å². The maximum atomic E-state index is 12.8. The first kappa shape index (κ1) is 10.1. The fourth-order valence-electron chi connectivity index (χ4n) is 0.748. The second-order valence-corrected chi connectivity index (χ2v) is 2.97. The van der Waals surface area contributed by atoms with Gasteiger partial charge in [0.1, 0.15) is 10.6 Å². The topological polar surface area (TPSA) is 57.5 Å². The summed E-state index contributed by atoms with van der Waals surface area (Å²) in [7, 11) is 0. The number of halogens is 3. The third kappa shape index (κ3) is 1.68. The summed E-state index contributed by atoms with van der Waals surface area (Å²) in [6.07, 6.45) is 0. The maximum Gasteiger partial charge on any atom is 0.339 e. The van der Waals surface area contributed by atoms with Crippen molar-refractivity contribution in [1.29, 1.82) is 0 Å². The number of hydrogen-bond donors (Lipinski definition) is 2. The zero-order chi connectivity index (χ0) is 10.2. The molecule has 0 saturated heterocycles. The molecule has 0 amide bonds. The van der Waals surface area contributed by atoms with Crippen LogP contribution in [0, 0.1) is 5.82 Å². The fraction of sp³-hybridized carbons (Fsp3) is 0. The van der Waals surface area contributed by atoms with Crippen LogP contribution < -0.4 is 0 Å². The van der Waals surface area contributed by atoms with E-state index in [9.17, 15) is 9.18 Å². The fourth-order valence-corrected chi connectivity index (χ4v) is 1.20. The average molecular weight is 225 g/mol. The Labute approximate surface area is 82.3 Å². The molecule has 3 nitrogen and oxygen atoms in total. The standard InChI is InChI=1S/C7H3Cl2FO3/c8-3-1-2(7(12)13)6(11)4(9)5(3)10/h1,11H,(H,12,13). The number of aromatic hydroxyl groups is 1. The highest BCUT2D eigenvalue weighted by Gasteiger charge is 2.19. The van der Waals surface area contributed by atoms with Crippen molar-refractivity contribution in [3.63, 3.8) is 0 Å². The summed E-state index contributed by atoms with van der Waals surface area (Å²) in [5.74, 6) is -3.29. The molecule has 1 aromatic carbocycles. The minimum absolute atomic E-state index is 0.444. The second kappa shape index (κ2) is 3.40. The molecule has 0 bridgehead atoms. The molecule has 2 N–H and O–H groups in total. The molecule has 0 aliphatic heterocycles. The first-order chi connectivity index (χ1) is 5.95. The Morgan fingerprint density at radius 2 is 2.00 bits per heavy atom. The molecule has 0 aliphatic rings. The van der Waals surface area contributed by atoms with Gasteiger partial charge in [-0.3, -0.25) is 0 Å². The van der Waals surface area contributed by atoms with Crippen molar-refractivity contribution in [3.05, 3.63) is 27.5 Å². The molecule has 1 aromatic rings. The largest absolute Gasteiger partial charge is 0.505 e. The molecule has 0 spiro atoms. The molecule has 0 radical (unpaired) electrons. The highest BCUT2D eigenvalue weighted by atomic mass is 35.5. The van der Waals surface area contributed by atoms with E-state index in [0.29, 0.717) is 0 Å². The Bertz CT molecular complexity index is 378. The molecular weight excluding hydrogens is 222 g/mol. The van der Waals surface area contributed by atoms with Crippen molar-refractivity contribution in [3.8, 4) is 5.75 Å². The van der Waals surface area contributed by atoms with E-state index in [-0.39, 0.29) is 0 Å². The van der Waals surface area contributed by atoms with E-state index in [1.807, 2.05) is 0 Å². The van der Waals surface area contributed by atoms with Crippen LogP contribution in [0.4, 0.5) is 4.39 Å². The summed E-state index contributed by atoms with van der Waals surface area (Å²) in [6.45, 7) is 0. The first-order valence-electron chi connectivity index (χ1n) is 3.05. The van der Waals surface area contributed by atoms with Gasteiger partial charge in [-0.05, 0) is 6.07 Å². The molecule has 0 aromatic heterocycles. The van der Waals surface area contributed by atoms with Crippen molar-refractivity contribution in [2.24, 2.45) is 0 Å². The number of benzene rings is 1. The van der Waals surface area contributed by atoms with Crippen LogP contribution in [0.1, 0.15) is 10.4 Å². The van der Waals surface area contributed by atoms with Crippen LogP contribution in [-0.2, 0) is 0 Å². The van der Waals surface area contributed by atoms with Gasteiger partial charge in [0.15, 0.2) is 11.6 Å². The Balaban J connectivity index is 3.50. The Hall–Kier alpha value is -1.00. The number of carboxylic acid groups (broad SMARTS) is 1. The van der Waals surface area contributed by atoms with E-state index >= 15 is 0 Å². The summed E-state index contributed by atoms with van der Waals surface area (Å²) in [6, 6.07) is 0.792. The molecule has 0 saturated carbocycles. The lowest BCUT2D eigenvalue weighted by Crippen LogP contribution is -1.98. The van der Waals surface area contributed by atoms with Crippen LogP contribution >= 0.6 is 23.2 Å². The summed E-state index contributed by atoms with van der Waals surface area (Å²) in [4.78, 5) is 10.4. The predicted molar refractivity (Wildman–Crippen MR) is 45.0 cm³/mol. The van der Waals surface area contributed by atoms with Gasteiger partial charge in [0, 0.05) is 0 Å². The van der Waals surface area contributed by atoms with Crippen LogP contribution in [0.25, 0.3) is 0 Å². The quantitative estimate of drug-likeness (QED) is 0.722. The molecule has 0 aliphatic carbocycles. The van der Waals surface area contributed by atoms with E-state index < -0.39 is 33.1 Å². The highest BCUT2D eigenvalue weighted by molar-refractivity contribution is 6.36. The molecule has 0 unspecified atom stereocenters. The minimum atomic E-state index is -1.43. The summed E-state index contributed by atoms with van der Waals surface area (Å²) in [5.41, 5.74) is -0.531. The predicted octanol–water partition coefficient (Wildman–Crippen LogP) is 2.54. The van der Waals surface area contributed by atoms with E-state index in [1.165, 1.54) is 0 Å². The SMILES string of the molecule is O=C(O)c1cc(Cl)c(F)c(Cl)c1O. The van der Waals surface area contributed by atoms with Gasteiger partial charge >= 0.3 is 5.97 Å². The summed E-state index contributed by atoms with van der Waals surface area (Å²) < 4.78 is 12.8. The Morgan fingerprint density at radius 1 is 1.46 bits per heavy atom. The van der Waals surface area contributed by atoms with Crippen LogP contribution in [0.15, 0.2) is 6.07 Å². The van der Waals surface area contributed by atoms with E-state index in [4.69, 9.17) is 33.4 Å². The lowest BCUT2D eigenvalue weighted by molar-refractivity contribution is 0.0693. The molecule has 0 atom stereocenters. The molecule has 1 rings (SSSR count). The van der Waals surface area contributed by atoms with Crippen molar-refractivity contribution in [1.82, 2.24) is 0 Å². The number of carboxylic acids is 1. The minimum Gasteiger partial charge on any atom is -0.505 e. The van der Waals surface area contributed by atoms with Crippen LogP contribution in [0.3, 0.4) is 0 Å². The average Bonchev–Trinajstić information content (AvgIpc) is 2.07. The van der Waals surface area contributed by atoms with Gasteiger partial charge in [-0.15, -0.1) is 0 Å². The molecule has 6 heteroatoms. The maximum absolute atomic E-state index is 12.8. The highest BCUT2D eigenvalue weighted by Crippen LogP contribution is 2.34. The zero-order valence-corrected chi connectivity index (χ0v) is 7.53. The van der Waals surface area contributed by atoms with Gasteiger partial charge in [-0.1, -0.05) is 23.2 Å². The van der Waals surface area contributed by atoms with Crippen LogP contribution in [0.2, 0.25) is 10.0 Å². The number of aromatic carboxylic acids is 1. The molecule has 0 fully saturated rings. The number of carbonyl (C=O) groups is 1. The van der Waals surface area contributed by atoms with Crippen LogP contribution in [-0.4, -0.2) is 16.2 Å². The lowest BCUT2D eigenvalue weighted by atomic mass is 10.2. The van der Waals surface area contributed by atoms with Gasteiger partial charge in [-0.2, -0.15) is 0 Å². The van der Waals surface area contributed by atoms with Gasteiger partial charge in [0.05, 0.1) is 5.02 Å². The van der Waals surface area contributed by atoms with Gasteiger partial charge in [0.2, 0.25) is 0 Å². The number of rotatable bonds is 1. The number of hydrogen-bond acceptors (Lipinski definition) is 2. The Kier molecular flexibility index (Phi) is 2.63. The third-order valence-electron chi connectivity index (χ3n) is 1.37. The molecular formula is C7H3Cl2FO3. The summed E-state index contributed by atoms with van der Waals surface area (Å²) >= 11 is 10.6. The summed E-state index contributed by atoms with van der Waals surface area (Å²) in [5, 5.41) is 16.4. The monoisotopic (exact) mass is 224 g/mol. The van der Waals surface area contributed by atoms with Crippen molar-refractivity contribution < 1.29 is 19.4 Å². The van der Waals surface area contributed by atoms with Crippen LogP contribution in [0.5, 0.6) is 5.75 Å². The third-order valence-corrected chi connectivity index (χ3v) is 1.99. The normalized spacial score (nSPS) is 10.1. The van der Waals surface area contributed by atoms with E-state index in [2.05, 4.69) is 0 Å².